The molecule has 0 bridgehead atoms. The van der Waals surface area contributed by atoms with E-state index in [1.165, 1.54) is 0 Å². The molecule has 0 spiro atoms. The highest BCUT2D eigenvalue weighted by Gasteiger charge is 2.31. The molecule has 1 aromatic carbocycles. The standard InChI is InChI=1S/C19H23N3O3/c1-11-6-12(2)8-16(7-11)22-13(3)9-17(21-22)18(23)20-15-5-4-14(10-15)19(24)25/h6-9,14-15H,4-5,10H2,1-3H3,(H,20,23)(H,24,25)/t14-,15+/m0/s1. The number of benzene rings is 1. The first kappa shape index (κ1) is 17.2. The Morgan fingerprint density at radius 1 is 1.12 bits per heavy atom. The van der Waals surface area contributed by atoms with Gasteiger partial charge < -0.3 is 10.4 Å². The van der Waals surface area contributed by atoms with Crippen LogP contribution in [0.4, 0.5) is 0 Å². The Balaban J connectivity index is 1.76. The number of amides is 1. The average Bonchev–Trinajstić information content (AvgIpc) is 3.13. The van der Waals surface area contributed by atoms with Gasteiger partial charge in [0.2, 0.25) is 0 Å². The van der Waals surface area contributed by atoms with E-state index in [2.05, 4.69) is 16.5 Å². The van der Waals surface area contributed by atoms with Crippen LogP contribution < -0.4 is 5.32 Å². The molecule has 2 aromatic rings. The minimum Gasteiger partial charge on any atom is -0.481 e. The smallest absolute Gasteiger partial charge is 0.306 e. The first-order chi connectivity index (χ1) is 11.8. The van der Waals surface area contributed by atoms with Crippen LogP contribution in [0.5, 0.6) is 0 Å². The number of carbonyl (C=O) groups excluding carboxylic acids is 1. The molecule has 132 valence electrons. The summed E-state index contributed by atoms with van der Waals surface area (Å²) in [6, 6.07) is 7.82. The van der Waals surface area contributed by atoms with Crippen LogP contribution >= 0.6 is 0 Å². The molecule has 3 rings (SSSR count). The monoisotopic (exact) mass is 341 g/mol. The van der Waals surface area contributed by atoms with E-state index in [4.69, 9.17) is 5.11 Å². The second kappa shape index (κ2) is 6.70. The van der Waals surface area contributed by atoms with Gasteiger partial charge in [0.05, 0.1) is 11.6 Å². The number of hydrogen-bond acceptors (Lipinski definition) is 3. The van der Waals surface area contributed by atoms with Crippen LogP contribution in [0.2, 0.25) is 0 Å². The Morgan fingerprint density at radius 2 is 1.80 bits per heavy atom. The quantitative estimate of drug-likeness (QED) is 0.895. The number of aryl methyl sites for hydroxylation is 3. The van der Waals surface area contributed by atoms with E-state index in [9.17, 15) is 9.59 Å². The third-order valence-electron chi connectivity index (χ3n) is 4.69. The number of aliphatic carboxylic acids is 1. The molecule has 1 saturated carbocycles. The van der Waals surface area contributed by atoms with Crippen molar-refractivity contribution in [2.75, 3.05) is 0 Å². The van der Waals surface area contributed by atoms with Gasteiger partial charge in [-0.1, -0.05) is 6.07 Å². The Bertz CT molecular complexity index is 805. The maximum absolute atomic E-state index is 12.5. The number of nitrogens with zero attached hydrogens (tertiary/aromatic N) is 2. The van der Waals surface area contributed by atoms with Crippen LogP contribution in [0, 0.1) is 26.7 Å². The second-order valence-electron chi connectivity index (χ2n) is 6.95. The summed E-state index contributed by atoms with van der Waals surface area (Å²) in [6.07, 6.45) is 1.79. The van der Waals surface area contributed by atoms with Crippen molar-refractivity contribution in [2.24, 2.45) is 5.92 Å². The molecule has 1 aliphatic carbocycles. The fraction of sp³-hybridized carbons (Fsp3) is 0.421. The molecule has 2 N–H and O–H groups in total. The summed E-state index contributed by atoms with van der Waals surface area (Å²) in [5, 5.41) is 16.4. The van der Waals surface area contributed by atoms with Crippen molar-refractivity contribution in [1.82, 2.24) is 15.1 Å². The predicted molar refractivity (Wildman–Crippen MR) is 94.0 cm³/mol. The Labute approximate surface area is 146 Å². The molecule has 1 aromatic heterocycles. The number of carbonyl (C=O) groups is 2. The summed E-state index contributed by atoms with van der Waals surface area (Å²) < 4.78 is 1.77. The lowest BCUT2D eigenvalue weighted by molar-refractivity contribution is -0.141. The van der Waals surface area contributed by atoms with Crippen LogP contribution in [0.15, 0.2) is 24.3 Å². The molecular formula is C19H23N3O3. The summed E-state index contributed by atoms with van der Waals surface area (Å²) in [6.45, 7) is 5.97. The van der Waals surface area contributed by atoms with Crippen molar-refractivity contribution < 1.29 is 14.7 Å². The highest BCUT2D eigenvalue weighted by atomic mass is 16.4. The van der Waals surface area contributed by atoms with Crippen molar-refractivity contribution in [3.8, 4) is 5.69 Å². The van der Waals surface area contributed by atoms with E-state index in [0.717, 1.165) is 22.5 Å². The van der Waals surface area contributed by atoms with Gasteiger partial charge in [-0.05, 0) is 69.4 Å². The lowest BCUT2D eigenvalue weighted by Crippen LogP contribution is -2.33. The van der Waals surface area contributed by atoms with Crippen LogP contribution in [0.1, 0.15) is 46.6 Å². The molecule has 2 atom stereocenters. The molecule has 0 saturated heterocycles. The zero-order valence-corrected chi connectivity index (χ0v) is 14.7. The van der Waals surface area contributed by atoms with E-state index in [1.807, 2.05) is 32.9 Å². The van der Waals surface area contributed by atoms with Crippen LogP contribution in [-0.2, 0) is 4.79 Å². The van der Waals surface area contributed by atoms with Crippen molar-refractivity contribution >= 4 is 11.9 Å². The normalized spacial score (nSPS) is 19.8. The van der Waals surface area contributed by atoms with E-state index in [0.29, 0.717) is 25.0 Å². The third kappa shape index (κ3) is 3.73. The molecule has 25 heavy (non-hydrogen) atoms. The largest absolute Gasteiger partial charge is 0.481 e. The fourth-order valence-corrected chi connectivity index (χ4v) is 3.52. The van der Waals surface area contributed by atoms with Gasteiger partial charge >= 0.3 is 5.97 Å². The van der Waals surface area contributed by atoms with Crippen molar-refractivity contribution in [3.63, 3.8) is 0 Å². The fourth-order valence-electron chi connectivity index (χ4n) is 3.52. The zero-order valence-electron chi connectivity index (χ0n) is 14.7. The van der Waals surface area contributed by atoms with E-state index < -0.39 is 5.97 Å². The number of hydrogen-bond donors (Lipinski definition) is 2. The van der Waals surface area contributed by atoms with E-state index in [1.54, 1.807) is 10.7 Å². The summed E-state index contributed by atoms with van der Waals surface area (Å²) in [7, 11) is 0. The molecule has 0 unspecified atom stereocenters. The van der Waals surface area contributed by atoms with Crippen LogP contribution in [0.3, 0.4) is 0 Å². The minimum absolute atomic E-state index is 0.0970. The number of carboxylic acid groups (broad SMARTS) is 1. The van der Waals surface area contributed by atoms with Gasteiger partial charge in [0, 0.05) is 11.7 Å². The number of rotatable bonds is 4. The summed E-state index contributed by atoms with van der Waals surface area (Å²) >= 11 is 0. The number of aromatic nitrogens is 2. The minimum atomic E-state index is -0.785. The molecule has 6 heteroatoms. The van der Waals surface area contributed by atoms with Crippen LogP contribution in [0.25, 0.3) is 5.69 Å². The van der Waals surface area contributed by atoms with Gasteiger partial charge in [-0.3, -0.25) is 9.59 Å². The molecule has 0 radical (unpaired) electrons. The Hall–Kier alpha value is -2.63. The highest BCUT2D eigenvalue weighted by Crippen LogP contribution is 2.26. The van der Waals surface area contributed by atoms with Gasteiger partial charge in [0.25, 0.3) is 5.91 Å². The maximum Gasteiger partial charge on any atom is 0.306 e. The number of carboxylic acids is 1. The number of nitrogens with one attached hydrogen (secondary N) is 1. The summed E-state index contributed by atoms with van der Waals surface area (Å²) in [5.74, 6) is -1.39. The maximum atomic E-state index is 12.5. The van der Waals surface area contributed by atoms with Crippen LogP contribution in [-0.4, -0.2) is 32.8 Å². The third-order valence-corrected chi connectivity index (χ3v) is 4.69. The van der Waals surface area contributed by atoms with E-state index in [-0.39, 0.29) is 17.9 Å². The molecule has 0 aliphatic heterocycles. The van der Waals surface area contributed by atoms with Gasteiger partial charge in [-0.15, -0.1) is 0 Å². The molecule has 1 aliphatic rings. The first-order valence-electron chi connectivity index (χ1n) is 8.52. The van der Waals surface area contributed by atoms with Gasteiger partial charge in [0.1, 0.15) is 0 Å². The summed E-state index contributed by atoms with van der Waals surface area (Å²) in [5.41, 5.74) is 4.45. The molecular weight excluding hydrogens is 318 g/mol. The molecule has 6 nitrogen and oxygen atoms in total. The molecule has 1 heterocycles. The van der Waals surface area contributed by atoms with Gasteiger partial charge in [-0.2, -0.15) is 5.10 Å². The lowest BCUT2D eigenvalue weighted by Gasteiger charge is -2.11. The van der Waals surface area contributed by atoms with Gasteiger partial charge in [0.15, 0.2) is 5.69 Å². The Kier molecular flexibility index (Phi) is 4.61. The average molecular weight is 341 g/mol. The van der Waals surface area contributed by atoms with Crippen molar-refractivity contribution in [1.29, 1.82) is 0 Å². The molecule has 1 fully saturated rings. The van der Waals surface area contributed by atoms with Crippen molar-refractivity contribution in [3.05, 3.63) is 46.8 Å². The van der Waals surface area contributed by atoms with Crippen molar-refractivity contribution in [2.45, 2.75) is 46.1 Å². The highest BCUT2D eigenvalue weighted by molar-refractivity contribution is 5.92. The first-order valence-corrected chi connectivity index (χ1v) is 8.52. The zero-order chi connectivity index (χ0) is 18.1. The van der Waals surface area contributed by atoms with E-state index >= 15 is 0 Å². The molecule has 1 amide bonds. The summed E-state index contributed by atoms with van der Waals surface area (Å²) in [4.78, 5) is 23.5. The predicted octanol–water partition coefficient (Wildman–Crippen LogP) is 2.78. The topological polar surface area (TPSA) is 84.2 Å². The SMILES string of the molecule is Cc1cc(C)cc(-n2nc(C(=O)N[C@@H]3CC[C@H](C(=O)O)C3)cc2C)c1. The second-order valence-corrected chi connectivity index (χ2v) is 6.95. The van der Waals surface area contributed by atoms with Gasteiger partial charge in [-0.25, -0.2) is 4.68 Å². The Morgan fingerprint density at radius 3 is 2.40 bits per heavy atom. The lowest BCUT2D eigenvalue weighted by atomic mass is 10.1.